The Morgan fingerprint density at radius 1 is 1.38 bits per heavy atom. The maximum Gasteiger partial charge on any atom is 0.234 e. The van der Waals surface area contributed by atoms with Gasteiger partial charge in [-0.05, 0) is 12.8 Å². The first kappa shape index (κ1) is 12.4. The number of amides is 1. The molecule has 1 unspecified atom stereocenters. The molecule has 0 bridgehead atoms. The first-order valence-corrected chi connectivity index (χ1v) is 4.78. The highest BCUT2D eigenvalue weighted by Gasteiger charge is 2.09. The summed E-state index contributed by atoms with van der Waals surface area (Å²) < 4.78 is 0. The van der Waals surface area contributed by atoms with Crippen LogP contribution < -0.4 is 16.4 Å². The summed E-state index contributed by atoms with van der Waals surface area (Å²) in [6.45, 7) is 7.77. The van der Waals surface area contributed by atoms with Crippen LogP contribution in [0, 0.1) is 5.92 Å². The van der Waals surface area contributed by atoms with Gasteiger partial charge in [0.25, 0.3) is 0 Å². The number of nitrogens with one attached hydrogen (secondary N) is 2. The van der Waals surface area contributed by atoms with Crippen molar-refractivity contribution in [1.82, 2.24) is 10.6 Å². The minimum atomic E-state index is 0.0367. The topological polar surface area (TPSA) is 67.2 Å². The molecule has 1 atom stereocenters. The van der Waals surface area contributed by atoms with E-state index in [9.17, 15) is 4.79 Å². The van der Waals surface area contributed by atoms with Crippen molar-refractivity contribution in [2.45, 2.75) is 26.8 Å². The fraction of sp³-hybridized carbons (Fsp3) is 0.889. The highest BCUT2D eigenvalue weighted by molar-refractivity contribution is 5.78. The summed E-state index contributed by atoms with van der Waals surface area (Å²) in [5, 5.41) is 5.84. The van der Waals surface area contributed by atoms with Crippen molar-refractivity contribution in [2.75, 3.05) is 19.6 Å². The van der Waals surface area contributed by atoms with E-state index in [0.717, 1.165) is 0 Å². The lowest BCUT2D eigenvalue weighted by atomic mass is 10.1. The molecule has 0 fully saturated rings. The van der Waals surface area contributed by atoms with Crippen molar-refractivity contribution in [2.24, 2.45) is 11.7 Å². The Bertz CT molecular complexity index is 148. The molecule has 0 aliphatic carbocycles. The molecule has 4 heteroatoms. The lowest BCUT2D eigenvalue weighted by molar-refractivity contribution is -0.121. The van der Waals surface area contributed by atoms with Crippen LogP contribution in [0.5, 0.6) is 0 Å². The summed E-state index contributed by atoms with van der Waals surface area (Å²) in [4.78, 5) is 11.2. The van der Waals surface area contributed by atoms with Gasteiger partial charge in [0.15, 0.2) is 0 Å². The first-order valence-electron chi connectivity index (χ1n) is 4.78. The summed E-state index contributed by atoms with van der Waals surface area (Å²) in [6, 6.07) is 0.229. The van der Waals surface area contributed by atoms with E-state index in [1.807, 2.05) is 6.92 Å². The molecule has 13 heavy (non-hydrogen) atoms. The Morgan fingerprint density at radius 2 is 2.00 bits per heavy atom. The summed E-state index contributed by atoms with van der Waals surface area (Å²) in [7, 11) is 0. The maximum atomic E-state index is 11.2. The van der Waals surface area contributed by atoms with Crippen LogP contribution in [0.15, 0.2) is 0 Å². The predicted molar refractivity (Wildman–Crippen MR) is 54.4 cm³/mol. The van der Waals surface area contributed by atoms with Gasteiger partial charge in [0.2, 0.25) is 5.91 Å². The lowest BCUT2D eigenvalue weighted by Crippen LogP contribution is -2.42. The molecule has 4 nitrogen and oxygen atoms in total. The maximum absolute atomic E-state index is 11.2. The van der Waals surface area contributed by atoms with E-state index in [1.165, 1.54) is 0 Å². The third kappa shape index (κ3) is 6.54. The van der Waals surface area contributed by atoms with Crippen LogP contribution in [0.1, 0.15) is 20.8 Å². The fourth-order valence-corrected chi connectivity index (χ4v) is 0.776. The summed E-state index contributed by atoms with van der Waals surface area (Å²) in [5.41, 5.74) is 5.27. The smallest absolute Gasteiger partial charge is 0.234 e. The van der Waals surface area contributed by atoms with Gasteiger partial charge in [-0.1, -0.05) is 13.8 Å². The lowest BCUT2D eigenvalue weighted by Gasteiger charge is -2.17. The van der Waals surface area contributed by atoms with Gasteiger partial charge in [-0.2, -0.15) is 0 Å². The zero-order valence-electron chi connectivity index (χ0n) is 8.76. The highest BCUT2D eigenvalue weighted by atomic mass is 16.1. The Hall–Kier alpha value is -0.610. The molecule has 0 aromatic heterocycles. The molecule has 0 saturated carbocycles. The number of nitrogens with two attached hydrogens (primary N) is 1. The molecule has 0 heterocycles. The summed E-state index contributed by atoms with van der Waals surface area (Å²) >= 11 is 0. The summed E-state index contributed by atoms with van der Waals surface area (Å²) in [5.74, 6) is 0.508. The highest BCUT2D eigenvalue weighted by Crippen LogP contribution is 1.98. The average Bonchev–Trinajstić information content (AvgIpc) is 2.04. The molecule has 4 N–H and O–H groups in total. The van der Waals surface area contributed by atoms with Gasteiger partial charge < -0.3 is 16.4 Å². The molecule has 0 aromatic rings. The summed E-state index contributed by atoms with van der Waals surface area (Å²) in [6.07, 6.45) is 0. The van der Waals surface area contributed by atoms with Crippen LogP contribution in [0.4, 0.5) is 0 Å². The van der Waals surface area contributed by atoms with Crippen molar-refractivity contribution in [1.29, 1.82) is 0 Å². The zero-order chi connectivity index (χ0) is 10.3. The molecule has 0 aliphatic heterocycles. The number of hydrogen-bond donors (Lipinski definition) is 3. The SMILES string of the molecule is CC(C)C(C)NC(=O)CNCCN. The van der Waals surface area contributed by atoms with E-state index in [2.05, 4.69) is 24.5 Å². The monoisotopic (exact) mass is 187 g/mol. The molecule has 0 saturated heterocycles. The van der Waals surface area contributed by atoms with Crippen molar-refractivity contribution in [3.63, 3.8) is 0 Å². The van der Waals surface area contributed by atoms with E-state index >= 15 is 0 Å². The molecule has 0 radical (unpaired) electrons. The van der Waals surface area contributed by atoms with Crippen molar-refractivity contribution < 1.29 is 4.79 Å². The zero-order valence-corrected chi connectivity index (χ0v) is 8.76. The third-order valence-corrected chi connectivity index (χ3v) is 2.00. The molecule has 0 aliphatic rings. The molecule has 0 spiro atoms. The fourth-order valence-electron chi connectivity index (χ4n) is 0.776. The van der Waals surface area contributed by atoms with Crippen molar-refractivity contribution >= 4 is 5.91 Å². The van der Waals surface area contributed by atoms with Gasteiger partial charge in [-0.3, -0.25) is 4.79 Å². The first-order chi connectivity index (χ1) is 6.07. The Kier molecular flexibility index (Phi) is 6.54. The molecular weight excluding hydrogens is 166 g/mol. The van der Waals surface area contributed by atoms with Crippen molar-refractivity contribution in [3.05, 3.63) is 0 Å². The second-order valence-corrected chi connectivity index (χ2v) is 3.57. The standard InChI is InChI=1S/C9H21N3O/c1-7(2)8(3)12-9(13)6-11-5-4-10/h7-8,11H,4-6,10H2,1-3H3,(H,12,13). The molecule has 78 valence electrons. The van der Waals surface area contributed by atoms with E-state index in [1.54, 1.807) is 0 Å². The van der Waals surface area contributed by atoms with Gasteiger partial charge in [-0.25, -0.2) is 0 Å². The Morgan fingerprint density at radius 3 is 2.46 bits per heavy atom. The minimum absolute atomic E-state index is 0.0367. The van der Waals surface area contributed by atoms with E-state index in [0.29, 0.717) is 25.6 Å². The molecular formula is C9H21N3O. The van der Waals surface area contributed by atoms with Gasteiger partial charge in [0.1, 0.15) is 0 Å². The van der Waals surface area contributed by atoms with Gasteiger partial charge in [0.05, 0.1) is 6.54 Å². The second-order valence-electron chi connectivity index (χ2n) is 3.57. The van der Waals surface area contributed by atoms with E-state index in [4.69, 9.17) is 5.73 Å². The predicted octanol–water partition coefficient (Wildman–Crippen LogP) is -0.305. The number of carbonyl (C=O) groups is 1. The third-order valence-electron chi connectivity index (χ3n) is 2.00. The van der Waals surface area contributed by atoms with Crippen LogP contribution in [0.25, 0.3) is 0 Å². The molecule has 0 rings (SSSR count). The minimum Gasteiger partial charge on any atom is -0.352 e. The van der Waals surface area contributed by atoms with Crippen LogP contribution in [0.2, 0.25) is 0 Å². The Balaban J connectivity index is 3.50. The van der Waals surface area contributed by atoms with Crippen LogP contribution in [0.3, 0.4) is 0 Å². The van der Waals surface area contributed by atoms with E-state index in [-0.39, 0.29) is 11.9 Å². The van der Waals surface area contributed by atoms with Gasteiger partial charge in [0, 0.05) is 19.1 Å². The number of hydrogen-bond acceptors (Lipinski definition) is 3. The van der Waals surface area contributed by atoms with Crippen molar-refractivity contribution in [3.8, 4) is 0 Å². The Labute approximate surface area is 80.3 Å². The normalized spacial score (nSPS) is 13.0. The van der Waals surface area contributed by atoms with Gasteiger partial charge >= 0.3 is 0 Å². The van der Waals surface area contributed by atoms with Crippen LogP contribution in [-0.2, 0) is 4.79 Å². The largest absolute Gasteiger partial charge is 0.352 e. The molecule has 0 aromatic carbocycles. The quantitative estimate of drug-likeness (QED) is 0.500. The second kappa shape index (κ2) is 6.86. The number of carbonyl (C=O) groups excluding carboxylic acids is 1. The van der Waals surface area contributed by atoms with Crippen LogP contribution in [-0.4, -0.2) is 31.6 Å². The average molecular weight is 187 g/mol. The van der Waals surface area contributed by atoms with Crippen LogP contribution >= 0.6 is 0 Å². The number of rotatable bonds is 6. The van der Waals surface area contributed by atoms with Gasteiger partial charge in [-0.15, -0.1) is 0 Å². The van der Waals surface area contributed by atoms with E-state index < -0.39 is 0 Å². The molecule has 1 amide bonds.